The van der Waals surface area contributed by atoms with Gasteiger partial charge in [0.1, 0.15) is 17.7 Å². The van der Waals surface area contributed by atoms with Gasteiger partial charge in [0.2, 0.25) is 5.91 Å². The highest BCUT2D eigenvalue weighted by Gasteiger charge is 2.18. The summed E-state index contributed by atoms with van der Waals surface area (Å²) in [4.78, 5) is 34.0. The molecule has 0 aliphatic rings. The molecule has 0 bridgehead atoms. The highest BCUT2D eigenvalue weighted by Crippen LogP contribution is 2.29. The van der Waals surface area contributed by atoms with Gasteiger partial charge in [-0.2, -0.15) is 5.11 Å². The molecule has 7 heteroatoms. The number of phenolic OH excluding ortho intramolecular Hbond substituents is 1. The van der Waals surface area contributed by atoms with Crippen molar-refractivity contribution in [2.45, 2.75) is 32.7 Å². The molecule has 0 aliphatic carbocycles. The molecule has 2 aromatic rings. The van der Waals surface area contributed by atoms with Crippen molar-refractivity contribution >= 4 is 29.4 Å². The van der Waals surface area contributed by atoms with E-state index in [0.717, 1.165) is 11.8 Å². The van der Waals surface area contributed by atoms with Gasteiger partial charge < -0.3 is 10.4 Å². The number of nitrogens with zero attached hydrogens (tertiary/aromatic N) is 2. The molecule has 0 saturated heterocycles. The van der Waals surface area contributed by atoms with Crippen LogP contribution in [0.4, 0.5) is 11.4 Å². The van der Waals surface area contributed by atoms with Crippen LogP contribution in [-0.4, -0.2) is 29.1 Å². The van der Waals surface area contributed by atoms with Crippen LogP contribution >= 0.6 is 0 Å². The summed E-state index contributed by atoms with van der Waals surface area (Å²) in [6.45, 7) is 3.10. The lowest BCUT2D eigenvalue weighted by atomic mass is 10.0. The zero-order chi connectivity index (χ0) is 19.8. The molecule has 0 spiro atoms. The number of rotatable bonds is 8. The molecule has 0 radical (unpaired) electrons. The summed E-state index contributed by atoms with van der Waals surface area (Å²) in [7, 11) is 0. The van der Waals surface area contributed by atoms with E-state index in [1.807, 2.05) is 0 Å². The van der Waals surface area contributed by atoms with Crippen LogP contribution in [0.2, 0.25) is 0 Å². The van der Waals surface area contributed by atoms with Gasteiger partial charge in [-0.15, -0.1) is 5.11 Å². The highest BCUT2D eigenvalue weighted by molar-refractivity contribution is 5.88. The van der Waals surface area contributed by atoms with Crippen molar-refractivity contribution in [1.82, 2.24) is 5.32 Å². The molecular weight excluding hydrogens is 346 g/mol. The molecule has 7 nitrogen and oxygen atoms in total. The summed E-state index contributed by atoms with van der Waals surface area (Å²) >= 11 is 0. The normalized spacial score (nSPS) is 11.9. The Labute approximate surface area is 157 Å². The first kappa shape index (κ1) is 20.0. The standard InChI is InChI=1S/C20H21N3O4/c1-3-19(26)17(21-13(2)25)10-15-6-9-20(27)18(11-15)23-22-16-7-4-14(12-24)5-8-16/h4-9,11-12,17,27H,3,10H2,1-2H3,(H,21,25)/t17-/m0/s1. The molecule has 2 N–H and O–H groups in total. The van der Waals surface area contributed by atoms with E-state index in [4.69, 9.17) is 0 Å². The molecule has 0 aliphatic heterocycles. The molecule has 0 fully saturated rings. The third kappa shape index (κ3) is 5.85. The van der Waals surface area contributed by atoms with Gasteiger partial charge in [-0.3, -0.25) is 14.4 Å². The molecule has 1 amide bonds. The molecule has 1 atom stereocenters. The Balaban J connectivity index is 2.20. The Morgan fingerprint density at radius 2 is 1.85 bits per heavy atom. The van der Waals surface area contributed by atoms with Crippen molar-refractivity contribution in [2.24, 2.45) is 10.2 Å². The molecule has 0 heterocycles. The summed E-state index contributed by atoms with van der Waals surface area (Å²) in [6, 6.07) is 10.7. The number of aldehydes is 1. The number of hydrogen-bond donors (Lipinski definition) is 2. The Morgan fingerprint density at radius 3 is 2.44 bits per heavy atom. The largest absolute Gasteiger partial charge is 0.506 e. The number of nitrogens with one attached hydrogen (secondary N) is 1. The topological polar surface area (TPSA) is 108 Å². The number of phenols is 1. The van der Waals surface area contributed by atoms with Gasteiger partial charge >= 0.3 is 0 Å². The van der Waals surface area contributed by atoms with Crippen LogP contribution < -0.4 is 5.32 Å². The third-order valence-electron chi connectivity index (χ3n) is 3.90. The SMILES string of the molecule is CCC(=O)[C@H](Cc1ccc(O)c(N=Nc2ccc(C=O)cc2)c1)NC(C)=O. The monoisotopic (exact) mass is 367 g/mol. The van der Waals surface area contributed by atoms with Crippen molar-refractivity contribution in [3.05, 3.63) is 53.6 Å². The van der Waals surface area contributed by atoms with Crippen LogP contribution in [0.15, 0.2) is 52.7 Å². The van der Waals surface area contributed by atoms with Crippen molar-refractivity contribution in [3.8, 4) is 5.75 Å². The lowest BCUT2D eigenvalue weighted by Crippen LogP contribution is -2.41. The number of azo groups is 1. The predicted molar refractivity (Wildman–Crippen MR) is 101 cm³/mol. The number of amides is 1. The smallest absolute Gasteiger partial charge is 0.217 e. The first-order valence-corrected chi connectivity index (χ1v) is 8.51. The van der Waals surface area contributed by atoms with Crippen molar-refractivity contribution < 1.29 is 19.5 Å². The van der Waals surface area contributed by atoms with Gasteiger partial charge in [-0.25, -0.2) is 0 Å². The maximum Gasteiger partial charge on any atom is 0.217 e. The van der Waals surface area contributed by atoms with Gasteiger partial charge in [0.05, 0.1) is 11.7 Å². The number of ketones is 1. The van der Waals surface area contributed by atoms with Gasteiger partial charge in [-0.05, 0) is 48.4 Å². The van der Waals surface area contributed by atoms with Crippen molar-refractivity contribution in [1.29, 1.82) is 0 Å². The fourth-order valence-corrected chi connectivity index (χ4v) is 2.48. The lowest BCUT2D eigenvalue weighted by Gasteiger charge is -2.16. The summed E-state index contributed by atoms with van der Waals surface area (Å²) in [5, 5.41) is 20.7. The minimum absolute atomic E-state index is 0.0510. The van der Waals surface area contributed by atoms with Gasteiger partial charge in [0.25, 0.3) is 0 Å². The van der Waals surface area contributed by atoms with Crippen LogP contribution in [0.25, 0.3) is 0 Å². The number of benzene rings is 2. The maximum atomic E-state index is 12.0. The first-order chi connectivity index (χ1) is 12.9. The number of aromatic hydroxyl groups is 1. The van der Waals surface area contributed by atoms with Crippen LogP contribution in [0.5, 0.6) is 5.75 Å². The quantitative estimate of drug-likeness (QED) is 0.548. The molecule has 0 aromatic heterocycles. The second-order valence-corrected chi connectivity index (χ2v) is 6.01. The van der Waals surface area contributed by atoms with E-state index in [-0.39, 0.29) is 23.1 Å². The number of Topliss-reactive ketones (excluding diaryl/α,β-unsaturated/α-hetero) is 1. The number of hydrogen-bond acceptors (Lipinski definition) is 6. The maximum absolute atomic E-state index is 12.0. The van der Waals surface area contributed by atoms with Crippen molar-refractivity contribution in [3.63, 3.8) is 0 Å². The third-order valence-corrected chi connectivity index (χ3v) is 3.90. The summed E-state index contributed by atoms with van der Waals surface area (Å²) in [5.74, 6) is -0.402. The van der Waals surface area contributed by atoms with Crippen molar-refractivity contribution in [2.75, 3.05) is 0 Å². The second kappa shape index (κ2) is 9.38. The molecule has 2 aromatic carbocycles. The fourth-order valence-electron chi connectivity index (χ4n) is 2.48. The van der Waals surface area contributed by atoms with E-state index in [1.54, 1.807) is 43.3 Å². The van der Waals surface area contributed by atoms with Crippen LogP contribution in [0.1, 0.15) is 36.2 Å². The van der Waals surface area contributed by atoms with Crippen LogP contribution in [0.3, 0.4) is 0 Å². The van der Waals surface area contributed by atoms with Crippen LogP contribution in [0, 0.1) is 0 Å². The van der Waals surface area contributed by atoms with E-state index in [2.05, 4.69) is 15.5 Å². The Bertz CT molecular complexity index is 860. The summed E-state index contributed by atoms with van der Waals surface area (Å²) in [6.07, 6.45) is 1.34. The van der Waals surface area contributed by atoms with E-state index in [9.17, 15) is 19.5 Å². The highest BCUT2D eigenvalue weighted by atomic mass is 16.3. The van der Waals surface area contributed by atoms with Gasteiger partial charge in [0.15, 0.2) is 5.78 Å². The Hall–Kier alpha value is -3.35. The minimum Gasteiger partial charge on any atom is -0.506 e. The van der Waals surface area contributed by atoms with Gasteiger partial charge in [-0.1, -0.05) is 13.0 Å². The first-order valence-electron chi connectivity index (χ1n) is 8.51. The predicted octanol–water partition coefficient (Wildman–Crippen LogP) is 3.65. The molecule has 0 unspecified atom stereocenters. The average molecular weight is 367 g/mol. The molecule has 27 heavy (non-hydrogen) atoms. The average Bonchev–Trinajstić information content (AvgIpc) is 2.67. The molecule has 0 saturated carbocycles. The van der Waals surface area contributed by atoms with E-state index < -0.39 is 6.04 Å². The molecule has 140 valence electrons. The number of carbonyl (C=O) groups excluding carboxylic acids is 3. The summed E-state index contributed by atoms with van der Waals surface area (Å²) in [5.41, 5.74) is 2.04. The minimum atomic E-state index is -0.627. The van der Waals surface area contributed by atoms with E-state index in [1.165, 1.54) is 13.0 Å². The zero-order valence-electron chi connectivity index (χ0n) is 15.2. The molecular formula is C20H21N3O4. The Morgan fingerprint density at radius 1 is 1.15 bits per heavy atom. The number of carbonyl (C=O) groups is 3. The van der Waals surface area contributed by atoms with E-state index in [0.29, 0.717) is 24.1 Å². The summed E-state index contributed by atoms with van der Waals surface area (Å²) < 4.78 is 0. The van der Waals surface area contributed by atoms with Crippen LogP contribution in [-0.2, 0) is 16.0 Å². The van der Waals surface area contributed by atoms with Gasteiger partial charge in [0, 0.05) is 18.9 Å². The zero-order valence-corrected chi connectivity index (χ0v) is 15.2. The Kier molecular flexibility index (Phi) is 6.93. The lowest BCUT2D eigenvalue weighted by molar-refractivity contribution is -0.126. The van der Waals surface area contributed by atoms with E-state index >= 15 is 0 Å². The second-order valence-electron chi connectivity index (χ2n) is 6.01. The fraction of sp³-hybridized carbons (Fsp3) is 0.250. The molecule has 2 rings (SSSR count).